The minimum atomic E-state index is 0.362. The van der Waals surface area contributed by atoms with Crippen molar-refractivity contribution in [2.45, 2.75) is 53.0 Å². The molecule has 0 bridgehead atoms. The van der Waals surface area contributed by atoms with Crippen molar-refractivity contribution in [3.05, 3.63) is 30.3 Å². The molecule has 21 heavy (non-hydrogen) atoms. The SMILES string of the molecule is CCN(CC1CC(C(C)(C)C)CCC1N)c1ccccc1. The van der Waals surface area contributed by atoms with Crippen LogP contribution in [0.3, 0.4) is 0 Å². The fraction of sp³-hybridized carbons (Fsp3) is 0.684. The maximum Gasteiger partial charge on any atom is 0.0366 e. The highest BCUT2D eigenvalue weighted by Gasteiger charge is 2.35. The van der Waals surface area contributed by atoms with E-state index in [4.69, 9.17) is 5.73 Å². The maximum absolute atomic E-state index is 6.44. The molecule has 3 unspecified atom stereocenters. The molecule has 1 fully saturated rings. The van der Waals surface area contributed by atoms with Gasteiger partial charge in [-0.2, -0.15) is 0 Å². The lowest BCUT2D eigenvalue weighted by Crippen LogP contribution is -2.45. The van der Waals surface area contributed by atoms with Crippen LogP contribution < -0.4 is 10.6 Å². The molecule has 1 saturated carbocycles. The highest BCUT2D eigenvalue weighted by Crippen LogP contribution is 2.40. The molecule has 2 rings (SSSR count). The van der Waals surface area contributed by atoms with Crippen LogP contribution in [0.4, 0.5) is 5.69 Å². The van der Waals surface area contributed by atoms with Gasteiger partial charge < -0.3 is 10.6 Å². The molecule has 2 nitrogen and oxygen atoms in total. The first-order valence-electron chi connectivity index (χ1n) is 8.47. The van der Waals surface area contributed by atoms with Crippen LogP contribution in [0.25, 0.3) is 0 Å². The molecule has 0 amide bonds. The topological polar surface area (TPSA) is 29.3 Å². The highest BCUT2D eigenvalue weighted by molar-refractivity contribution is 5.45. The number of nitrogens with two attached hydrogens (primary N) is 1. The lowest BCUT2D eigenvalue weighted by Gasteiger charge is -2.42. The summed E-state index contributed by atoms with van der Waals surface area (Å²) in [5.41, 5.74) is 8.17. The van der Waals surface area contributed by atoms with Crippen LogP contribution in [0, 0.1) is 17.3 Å². The molecule has 2 N–H and O–H groups in total. The molecule has 2 heteroatoms. The Morgan fingerprint density at radius 2 is 1.81 bits per heavy atom. The van der Waals surface area contributed by atoms with E-state index in [1.807, 2.05) is 0 Å². The third kappa shape index (κ3) is 4.23. The number of rotatable bonds is 4. The van der Waals surface area contributed by atoms with Gasteiger partial charge in [-0.3, -0.25) is 0 Å². The zero-order valence-corrected chi connectivity index (χ0v) is 14.2. The molecule has 0 heterocycles. The summed E-state index contributed by atoms with van der Waals surface area (Å²) in [6.07, 6.45) is 3.74. The molecule has 0 aromatic heterocycles. The van der Waals surface area contributed by atoms with Crippen LogP contribution >= 0.6 is 0 Å². The van der Waals surface area contributed by atoms with Crippen LogP contribution in [-0.4, -0.2) is 19.1 Å². The van der Waals surface area contributed by atoms with Gasteiger partial charge in [-0.25, -0.2) is 0 Å². The van der Waals surface area contributed by atoms with Gasteiger partial charge in [0.2, 0.25) is 0 Å². The molecule has 0 spiro atoms. The largest absolute Gasteiger partial charge is 0.371 e. The number of para-hydroxylation sites is 1. The van der Waals surface area contributed by atoms with Gasteiger partial charge in [0.15, 0.2) is 0 Å². The molecule has 1 aliphatic rings. The summed E-state index contributed by atoms with van der Waals surface area (Å²) in [5, 5.41) is 0. The van der Waals surface area contributed by atoms with E-state index in [0.29, 0.717) is 17.4 Å². The molecule has 0 saturated heterocycles. The van der Waals surface area contributed by atoms with Crippen molar-refractivity contribution in [3.63, 3.8) is 0 Å². The summed E-state index contributed by atoms with van der Waals surface area (Å²) >= 11 is 0. The molecular weight excluding hydrogens is 256 g/mol. The van der Waals surface area contributed by atoms with Gasteiger partial charge in [-0.15, -0.1) is 0 Å². The molecule has 118 valence electrons. The Hall–Kier alpha value is -1.02. The summed E-state index contributed by atoms with van der Waals surface area (Å²) in [6, 6.07) is 11.1. The van der Waals surface area contributed by atoms with Crippen molar-refractivity contribution in [1.29, 1.82) is 0 Å². The van der Waals surface area contributed by atoms with E-state index >= 15 is 0 Å². The van der Waals surface area contributed by atoms with Crippen molar-refractivity contribution in [2.75, 3.05) is 18.0 Å². The smallest absolute Gasteiger partial charge is 0.0366 e. The average Bonchev–Trinajstić information content (AvgIpc) is 2.46. The second-order valence-corrected chi connectivity index (χ2v) is 7.67. The predicted molar refractivity (Wildman–Crippen MR) is 92.6 cm³/mol. The number of benzene rings is 1. The molecule has 1 aromatic rings. The number of anilines is 1. The Bertz CT molecular complexity index is 421. The molecule has 0 radical (unpaired) electrons. The van der Waals surface area contributed by atoms with Crippen LogP contribution in [0.5, 0.6) is 0 Å². The Labute approximate surface area is 130 Å². The number of hydrogen-bond donors (Lipinski definition) is 1. The summed E-state index contributed by atoms with van der Waals surface area (Å²) in [4.78, 5) is 2.48. The van der Waals surface area contributed by atoms with E-state index in [1.54, 1.807) is 0 Å². The Morgan fingerprint density at radius 3 is 2.38 bits per heavy atom. The third-order valence-electron chi connectivity index (χ3n) is 5.22. The Balaban J connectivity index is 2.05. The van der Waals surface area contributed by atoms with Crippen molar-refractivity contribution in [3.8, 4) is 0 Å². The van der Waals surface area contributed by atoms with Crippen molar-refractivity contribution >= 4 is 5.69 Å². The summed E-state index contributed by atoms with van der Waals surface area (Å²) in [7, 11) is 0. The quantitative estimate of drug-likeness (QED) is 0.895. The Morgan fingerprint density at radius 1 is 1.14 bits per heavy atom. The van der Waals surface area contributed by atoms with Gasteiger partial charge in [0.1, 0.15) is 0 Å². The summed E-state index contributed by atoms with van der Waals surface area (Å²) in [5.74, 6) is 1.42. The third-order valence-corrected chi connectivity index (χ3v) is 5.22. The fourth-order valence-electron chi connectivity index (χ4n) is 3.62. The second kappa shape index (κ2) is 6.83. The van der Waals surface area contributed by atoms with Gasteiger partial charge in [0, 0.05) is 24.8 Å². The van der Waals surface area contributed by atoms with Gasteiger partial charge in [-0.05, 0) is 55.6 Å². The van der Waals surface area contributed by atoms with Crippen LogP contribution in [0.1, 0.15) is 47.0 Å². The second-order valence-electron chi connectivity index (χ2n) is 7.67. The van der Waals surface area contributed by atoms with Crippen molar-refractivity contribution in [2.24, 2.45) is 23.0 Å². The predicted octanol–water partition coefficient (Wildman–Crippen LogP) is 4.30. The van der Waals surface area contributed by atoms with Gasteiger partial charge in [0.05, 0.1) is 0 Å². The zero-order valence-electron chi connectivity index (χ0n) is 14.2. The van der Waals surface area contributed by atoms with E-state index in [-0.39, 0.29) is 0 Å². The normalized spacial score (nSPS) is 26.6. The minimum Gasteiger partial charge on any atom is -0.371 e. The molecular formula is C19H32N2. The average molecular weight is 288 g/mol. The van der Waals surface area contributed by atoms with Crippen molar-refractivity contribution in [1.82, 2.24) is 0 Å². The minimum absolute atomic E-state index is 0.362. The standard InChI is InChI=1S/C19H32N2/c1-5-21(17-9-7-6-8-10-17)14-15-13-16(19(2,3)4)11-12-18(15)20/h6-10,15-16,18H,5,11-14,20H2,1-4H3. The number of nitrogens with zero attached hydrogens (tertiary/aromatic N) is 1. The lowest BCUT2D eigenvalue weighted by atomic mass is 9.67. The van der Waals surface area contributed by atoms with E-state index in [0.717, 1.165) is 19.0 Å². The summed E-state index contributed by atoms with van der Waals surface area (Å²) < 4.78 is 0. The maximum atomic E-state index is 6.44. The van der Waals surface area contributed by atoms with E-state index in [9.17, 15) is 0 Å². The van der Waals surface area contributed by atoms with E-state index in [1.165, 1.54) is 24.9 Å². The first kappa shape index (κ1) is 16.4. The molecule has 3 atom stereocenters. The van der Waals surface area contributed by atoms with Gasteiger partial charge >= 0.3 is 0 Å². The van der Waals surface area contributed by atoms with Gasteiger partial charge in [0.25, 0.3) is 0 Å². The first-order chi connectivity index (χ1) is 9.91. The zero-order chi connectivity index (χ0) is 15.5. The monoisotopic (exact) mass is 288 g/mol. The lowest BCUT2D eigenvalue weighted by molar-refractivity contribution is 0.129. The van der Waals surface area contributed by atoms with Crippen molar-refractivity contribution < 1.29 is 0 Å². The first-order valence-corrected chi connectivity index (χ1v) is 8.47. The Kier molecular flexibility index (Phi) is 5.32. The number of hydrogen-bond acceptors (Lipinski definition) is 2. The molecule has 0 aliphatic heterocycles. The fourth-order valence-corrected chi connectivity index (χ4v) is 3.62. The van der Waals surface area contributed by atoms with E-state index in [2.05, 4.69) is 62.9 Å². The summed E-state index contributed by atoms with van der Waals surface area (Å²) in [6.45, 7) is 11.5. The van der Waals surface area contributed by atoms with Crippen LogP contribution in [-0.2, 0) is 0 Å². The van der Waals surface area contributed by atoms with Gasteiger partial charge in [-0.1, -0.05) is 39.0 Å². The molecule has 1 aliphatic carbocycles. The molecule has 1 aromatic carbocycles. The van der Waals surface area contributed by atoms with E-state index < -0.39 is 0 Å². The van der Waals surface area contributed by atoms with Crippen LogP contribution in [0.15, 0.2) is 30.3 Å². The highest BCUT2D eigenvalue weighted by atomic mass is 15.1. The van der Waals surface area contributed by atoms with Crippen LogP contribution in [0.2, 0.25) is 0 Å².